The number of thiazole rings is 1. The Morgan fingerprint density at radius 1 is 1.14 bits per heavy atom. The first kappa shape index (κ1) is 16.2. The molecule has 0 saturated heterocycles. The molecule has 0 radical (unpaired) electrons. The minimum Gasteiger partial charge on any atom is -0.315 e. The van der Waals surface area contributed by atoms with Gasteiger partial charge in [0.25, 0.3) is 0 Å². The summed E-state index contributed by atoms with van der Waals surface area (Å²) in [6.45, 7) is 12.0. The summed E-state index contributed by atoms with van der Waals surface area (Å²) in [6, 6.07) is 8.85. The molecule has 1 aromatic carbocycles. The number of hydrogen-bond donors (Lipinski definition) is 1. The molecule has 3 heteroatoms. The van der Waals surface area contributed by atoms with Crippen molar-refractivity contribution in [2.24, 2.45) is 0 Å². The SMILES string of the molecule is CNCc1sc(-c2ccc(C(C)(C)C)cc2)nc1C(C)C. The van der Waals surface area contributed by atoms with Gasteiger partial charge in [-0.2, -0.15) is 0 Å². The number of nitrogens with one attached hydrogen (secondary N) is 1. The van der Waals surface area contributed by atoms with E-state index < -0.39 is 0 Å². The van der Waals surface area contributed by atoms with Gasteiger partial charge in [0.05, 0.1) is 5.69 Å². The van der Waals surface area contributed by atoms with Gasteiger partial charge in [0.15, 0.2) is 0 Å². The Bertz CT molecular complexity index is 589. The summed E-state index contributed by atoms with van der Waals surface area (Å²) >= 11 is 1.81. The van der Waals surface area contributed by atoms with E-state index in [4.69, 9.17) is 4.98 Å². The highest BCUT2D eigenvalue weighted by atomic mass is 32.1. The van der Waals surface area contributed by atoms with Gasteiger partial charge in [0.2, 0.25) is 0 Å². The minimum atomic E-state index is 0.196. The van der Waals surface area contributed by atoms with Crippen molar-refractivity contribution in [2.45, 2.75) is 52.5 Å². The molecule has 1 N–H and O–H groups in total. The molecule has 21 heavy (non-hydrogen) atoms. The van der Waals surface area contributed by atoms with E-state index in [1.807, 2.05) is 7.05 Å². The average molecular weight is 302 g/mol. The Kier molecular flexibility index (Phi) is 4.84. The molecule has 2 rings (SSSR count). The molecule has 0 unspecified atom stereocenters. The molecule has 0 amide bonds. The number of benzene rings is 1. The lowest BCUT2D eigenvalue weighted by Gasteiger charge is -2.18. The quantitative estimate of drug-likeness (QED) is 0.864. The van der Waals surface area contributed by atoms with E-state index in [1.165, 1.54) is 21.7 Å². The van der Waals surface area contributed by atoms with Crippen LogP contribution in [0.5, 0.6) is 0 Å². The average Bonchev–Trinajstić information content (AvgIpc) is 2.82. The third kappa shape index (κ3) is 3.72. The van der Waals surface area contributed by atoms with Crippen LogP contribution in [0.25, 0.3) is 10.6 Å². The van der Waals surface area contributed by atoms with Gasteiger partial charge in [-0.15, -0.1) is 11.3 Å². The van der Waals surface area contributed by atoms with Crippen molar-refractivity contribution in [3.8, 4) is 10.6 Å². The molecule has 1 aromatic heterocycles. The van der Waals surface area contributed by atoms with Crippen molar-refractivity contribution in [1.29, 1.82) is 0 Å². The molecule has 0 fully saturated rings. The highest BCUT2D eigenvalue weighted by Crippen LogP contribution is 2.33. The van der Waals surface area contributed by atoms with E-state index >= 15 is 0 Å². The molecule has 0 aliphatic heterocycles. The third-order valence-corrected chi connectivity index (χ3v) is 4.73. The molecule has 114 valence electrons. The summed E-state index contributed by atoms with van der Waals surface area (Å²) in [5, 5.41) is 4.37. The lowest BCUT2D eigenvalue weighted by molar-refractivity contribution is 0.590. The van der Waals surface area contributed by atoms with Crippen molar-refractivity contribution in [3.63, 3.8) is 0 Å². The van der Waals surface area contributed by atoms with E-state index in [0.717, 1.165) is 11.6 Å². The maximum absolute atomic E-state index is 4.87. The van der Waals surface area contributed by atoms with Crippen LogP contribution in [0.4, 0.5) is 0 Å². The van der Waals surface area contributed by atoms with Crippen LogP contribution < -0.4 is 5.32 Å². The van der Waals surface area contributed by atoms with Crippen molar-refractivity contribution in [2.75, 3.05) is 7.05 Å². The standard InChI is InChI=1S/C18H26N2S/c1-12(2)16-15(11-19-6)21-17(20-16)13-7-9-14(10-8-13)18(3,4)5/h7-10,12,19H,11H2,1-6H3. The van der Waals surface area contributed by atoms with Crippen LogP contribution >= 0.6 is 11.3 Å². The van der Waals surface area contributed by atoms with Gasteiger partial charge in [-0.25, -0.2) is 4.98 Å². The maximum Gasteiger partial charge on any atom is 0.123 e. The molecule has 0 aliphatic rings. The van der Waals surface area contributed by atoms with E-state index in [0.29, 0.717) is 5.92 Å². The van der Waals surface area contributed by atoms with Crippen LogP contribution in [0.3, 0.4) is 0 Å². The number of aromatic nitrogens is 1. The number of rotatable bonds is 4. The molecule has 0 saturated carbocycles. The monoisotopic (exact) mass is 302 g/mol. The first-order chi connectivity index (χ1) is 9.82. The van der Waals surface area contributed by atoms with Gasteiger partial charge in [-0.1, -0.05) is 58.9 Å². The maximum atomic E-state index is 4.87. The lowest BCUT2D eigenvalue weighted by atomic mass is 9.87. The fourth-order valence-corrected chi connectivity index (χ4v) is 3.57. The largest absolute Gasteiger partial charge is 0.315 e. The highest BCUT2D eigenvalue weighted by molar-refractivity contribution is 7.15. The Hall–Kier alpha value is -1.19. The molecule has 0 aliphatic carbocycles. The molecule has 0 spiro atoms. The summed E-state index contributed by atoms with van der Waals surface area (Å²) in [5.41, 5.74) is 4.01. The Morgan fingerprint density at radius 3 is 2.24 bits per heavy atom. The normalized spacial score (nSPS) is 12.1. The van der Waals surface area contributed by atoms with Crippen molar-refractivity contribution in [3.05, 3.63) is 40.4 Å². The smallest absolute Gasteiger partial charge is 0.123 e. The summed E-state index contributed by atoms with van der Waals surface area (Å²) in [7, 11) is 1.99. The molecular weight excluding hydrogens is 276 g/mol. The van der Waals surface area contributed by atoms with Crippen LogP contribution in [-0.4, -0.2) is 12.0 Å². The molecule has 2 aromatic rings. The highest BCUT2D eigenvalue weighted by Gasteiger charge is 2.16. The fourth-order valence-electron chi connectivity index (χ4n) is 2.34. The Morgan fingerprint density at radius 2 is 1.76 bits per heavy atom. The van der Waals surface area contributed by atoms with Crippen molar-refractivity contribution in [1.82, 2.24) is 10.3 Å². The van der Waals surface area contributed by atoms with E-state index in [1.54, 1.807) is 11.3 Å². The first-order valence-corrected chi connectivity index (χ1v) is 8.39. The molecule has 1 heterocycles. The van der Waals surface area contributed by atoms with E-state index in [9.17, 15) is 0 Å². The predicted molar refractivity (Wildman–Crippen MR) is 93.1 cm³/mol. The van der Waals surface area contributed by atoms with Crippen LogP contribution in [0.15, 0.2) is 24.3 Å². The zero-order valence-electron chi connectivity index (χ0n) is 13.9. The third-order valence-electron chi connectivity index (χ3n) is 3.61. The fraction of sp³-hybridized carbons (Fsp3) is 0.500. The Balaban J connectivity index is 2.36. The van der Waals surface area contributed by atoms with Crippen molar-refractivity contribution < 1.29 is 0 Å². The molecule has 0 bridgehead atoms. The second-order valence-corrected chi connectivity index (χ2v) is 7.92. The molecule has 0 atom stereocenters. The minimum absolute atomic E-state index is 0.196. The van der Waals surface area contributed by atoms with Crippen LogP contribution in [0.1, 0.15) is 56.7 Å². The second-order valence-electron chi connectivity index (χ2n) is 6.84. The zero-order chi connectivity index (χ0) is 15.6. The number of hydrogen-bond acceptors (Lipinski definition) is 3. The summed E-state index contributed by atoms with van der Waals surface area (Å²) in [6.07, 6.45) is 0. The van der Waals surface area contributed by atoms with Gasteiger partial charge in [-0.05, 0) is 23.9 Å². The van der Waals surface area contributed by atoms with Gasteiger partial charge in [-0.3, -0.25) is 0 Å². The first-order valence-electron chi connectivity index (χ1n) is 7.58. The topological polar surface area (TPSA) is 24.9 Å². The molecule has 2 nitrogen and oxygen atoms in total. The second kappa shape index (κ2) is 6.29. The van der Waals surface area contributed by atoms with E-state index in [-0.39, 0.29) is 5.41 Å². The van der Waals surface area contributed by atoms with Gasteiger partial charge in [0, 0.05) is 17.0 Å². The van der Waals surface area contributed by atoms with Gasteiger partial charge >= 0.3 is 0 Å². The molecular formula is C18H26N2S. The number of nitrogens with zero attached hydrogens (tertiary/aromatic N) is 1. The van der Waals surface area contributed by atoms with Crippen LogP contribution in [0.2, 0.25) is 0 Å². The van der Waals surface area contributed by atoms with Gasteiger partial charge in [0.1, 0.15) is 5.01 Å². The van der Waals surface area contributed by atoms with Crippen LogP contribution in [-0.2, 0) is 12.0 Å². The zero-order valence-corrected chi connectivity index (χ0v) is 14.8. The Labute approximate surface area is 132 Å². The van der Waals surface area contributed by atoms with E-state index in [2.05, 4.69) is 64.2 Å². The summed E-state index contributed by atoms with van der Waals surface area (Å²) in [5.74, 6) is 0.465. The summed E-state index contributed by atoms with van der Waals surface area (Å²) < 4.78 is 0. The predicted octanol–water partition coefficient (Wildman–Crippen LogP) is 4.95. The van der Waals surface area contributed by atoms with Gasteiger partial charge < -0.3 is 5.32 Å². The van der Waals surface area contributed by atoms with Crippen LogP contribution in [0, 0.1) is 0 Å². The lowest BCUT2D eigenvalue weighted by Crippen LogP contribution is -2.10. The van der Waals surface area contributed by atoms with Crippen molar-refractivity contribution >= 4 is 11.3 Å². The summed E-state index contributed by atoms with van der Waals surface area (Å²) in [4.78, 5) is 6.22.